The van der Waals surface area contributed by atoms with Gasteiger partial charge in [-0.3, -0.25) is 9.59 Å². The molecule has 122 valence electrons. The minimum atomic E-state index is -0.306. The van der Waals surface area contributed by atoms with Gasteiger partial charge in [-0.05, 0) is 12.3 Å². The number of rotatable bonds is 5. The maximum absolute atomic E-state index is 12.6. The van der Waals surface area contributed by atoms with Crippen molar-refractivity contribution in [2.24, 2.45) is 5.92 Å². The van der Waals surface area contributed by atoms with E-state index in [9.17, 15) is 9.59 Å². The Morgan fingerprint density at radius 1 is 1.50 bits per heavy atom. The Morgan fingerprint density at radius 2 is 2.27 bits per heavy atom. The largest absolute Gasteiger partial charge is 0.371 e. The number of hydrogen-bond acceptors (Lipinski definition) is 4. The second kappa shape index (κ2) is 7.54. The van der Waals surface area contributed by atoms with Crippen molar-refractivity contribution in [1.29, 1.82) is 0 Å². The number of aromatic amines is 1. The predicted octanol–water partition coefficient (Wildman–Crippen LogP) is 1.83. The van der Waals surface area contributed by atoms with E-state index < -0.39 is 0 Å². The van der Waals surface area contributed by atoms with Crippen molar-refractivity contribution in [3.63, 3.8) is 0 Å². The highest BCUT2D eigenvalue weighted by Crippen LogP contribution is 2.21. The summed E-state index contributed by atoms with van der Waals surface area (Å²) in [6, 6.07) is 0. The number of unbranched alkanes of at least 4 members (excludes halogenated alkanes) is 1. The molecule has 0 unspecified atom stereocenters. The zero-order chi connectivity index (χ0) is 16.1. The summed E-state index contributed by atoms with van der Waals surface area (Å²) in [5.41, 5.74) is -0.0299. The fraction of sp³-hybridized carbons (Fsp3) is 0.688. The molecule has 2 rings (SSSR count). The minimum Gasteiger partial charge on any atom is -0.371 e. The number of morpholine rings is 1. The molecule has 1 aliphatic heterocycles. The predicted molar refractivity (Wildman–Crippen MR) is 83.8 cm³/mol. The number of nitrogens with zero attached hydrogens (tertiary/aromatic N) is 2. The van der Waals surface area contributed by atoms with E-state index in [-0.39, 0.29) is 29.4 Å². The van der Waals surface area contributed by atoms with E-state index in [1.165, 1.54) is 6.20 Å². The van der Waals surface area contributed by atoms with Gasteiger partial charge in [0.05, 0.1) is 18.4 Å². The van der Waals surface area contributed by atoms with Gasteiger partial charge in [-0.2, -0.15) is 0 Å². The smallest absolute Gasteiger partial charge is 0.274 e. The van der Waals surface area contributed by atoms with Gasteiger partial charge < -0.3 is 14.6 Å². The van der Waals surface area contributed by atoms with E-state index in [1.807, 2.05) is 0 Å². The number of hydrogen-bond donors (Lipinski definition) is 1. The molecule has 0 spiro atoms. The molecular formula is C16H25N3O3. The molecule has 1 aromatic rings. The fourth-order valence-corrected chi connectivity index (χ4v) is 2.62. The number of carbonyl (C=O) groups excluding carboxylic acids is 1. The van der Waals surface area contributed by atoms with E-state index >= 15 is 0 Å². The van der Waals surface area contributed by atoms with E-state index in [2.05, 4.69) is 30.7 Å². The Hall–Kier alpha value is -1.69. The molecule has 1 N–H and O–H groups in total. The van der Waals surface area contributed by atoms with Crippen LogP contribution in [0.15, 0.2) is 17.2 Å². The first-order valence-corrected chi connectivity index (χ1v) is 8.00. The van der Waals surface area contributed by atoms with E-state index in [0.717, 1.165) is 25.5 Å². The number of H-pyrrole nitrogens is 1. The Labute approximate surface area is 130 Å². The standard InChI is InChI=1S/C16H25N3O3/c1-4-5-6-12-9-19(10-14(22-12)11(2)3)16(21)13-7-18-15(20)8-17-13/h7-8,11-12,14H,4-6,9-10H2,1-3H3,(H,18,20)/t12-,14-/m1/s1. The number of amides is 1. The molecular weight excluding hydrogens is 282 g/mol. The highest BCUT2D eigenvalue weighted by Gasteiger charge is 2.32. The highest BCUT2D eigenvalue weighted by atomic mass is 16.5. The van der Waals surface area contributed by atoms with Crippen molar-refractivity contribution in [3.05, 3.63) is 28.4 Å². The van der Waals surface area contributed by atoms with Crippen LogP contribution in [0.2, 0.25) is 0 Å². The molecule has 1 fully saturated rings. The van der Waals surface area contributed by atoms with Crippen LogP contribution in [0.1, 0.15) is 50.5 Å². The third-order valence-corrected chi connectivity index (χ3v) is 3.99. The summed E-state index contributed by atoms with van der Waals surface area (Å²) in [6.45, 7) is 7.51. The summed E-state index contributed by atoms with van der Waals surface area (Å²) in [6.07, 6.45) is 5.81. The van der Waals surface area contributed by atoms with E-state index in [1.54, 1.807) is 4.90 Å². The van der Waals surface area contributed by atoms with Crippen molar-refractivity contribution in [2.45, 2.75) is 52.2 Å². The maximum atomic E-state index is 12.6. The van der Waals surface area contributed by atoms with Crippen LogP contribution in [0.4, 0.5) is 0 Å². The van der Waals surface area contributed by atoms with Crippen LogP contribution in [-0.4, -0.2) is 46.1 Å². The van der Waals surface area contributed by atoms with Gasteiger partial charge in [-0.15, -0.1) is 0 Å². The minimum absolute atomic E-state index is 0.0438. The van der Waals surface area contributed by atoms with Gasteiger partial charge in [-0.25, -0.2) is 4.98 Å². The van der Waals surface area contributed by atoms with Crippen LogP contribution >= 0.6 is 0 Å². The van der Waals surface area contributed by atoms with Crippen LogP contribution in [0.3, 0.4) is 0 Å². The van der Waals surface area contributed by atoms with Gasteiger partial charge in [0, 0.05) is 19.3 Å². The molecule has 0 bridgehead atoms. The van der Waals surface area contributed by atoms with Crippen LogP contribution in [0.5, 0.6) is 0 Å². The second-order valence-corrected chi connectivity index (χ2v) is 6.19. The lowest BCUT2D eigenvalue weighted by Crippen LogP contribution is -2.51. The first-order chi connectivity index (χ1) is 10.5. The van der Waals surface area contributed by atoms with Crippen LogP contribution in [-0.2, 0) is 4.74 Å². The molecule has 22 heavy (non-hydrogen) atoms. The van der Waals surface area contributed by atoms with Crippen molar-refractivity contribution < 1.29 is 9.53 Å². The van der Waals surface area contributed by atoms with Gasteiger partial charge >= 0.3 is 0 Å². The lowest BCUT2D eigenvalue weighted by molar-refractivity contribution is -0.0963. The lowest BCUT2D eigenvalue weighted by Gasteiger charge is -2.39. The topological polar surface area (TPSA) is 75.3 Å². The number of carbonyl (C=O) groups is 1. The Balaban J connectivity index is 2.11. The third kappa shape index (κ3) is 4.16. The number of ether oxygens (including phenoxy) is 1. The molecule has 6 nitrogen and oxygen atoms in total. The van der Waals surface area contributed by atoms with Crippen LogP contribution in [0.25, 0.3) is 0 Å². The molecule has 0 radical (unpaired) electrons. The van der Waals surface area contributed by atoms with Crippen molar-refractivity contribution in [3.8, 4) is 0 Å². The average molecular weight is 307 g/mol. The van der Waals surface area contributed by atoms with Crippen molar-refractivity contribution >= 4 is 5.91 Å². The van der Waals surface area contributed by atoms with Crippen LogP contribution in [0, 0.1) is 5.92 Å². The molecule has 1 saturated heterocycles. The quantitative estimate of drug-likeness (QED) is 0.900. The van der Waals surface area contributed by atoms with Gasteiger partial charge in [0.25, 0.3) is 11.5 Å². The number of nitrogens with one attached hydrogen (secondary N) is 1. The molecule has 1 aliphatic rings. The summed E-state index contributed by atoms with van der Waals surface area (Å²) >= 11 is 0. The summed E-state index contributed by atoms with van der Waals surface area (Å²) in [4.78, 5) is 31.9. The molecule has 2 heterocycles. The van der Waals surface area contributed by atoms with Gasteiger partial charge in [0.2, 0.25) is 0 Å². The fourth-order valence-electron chi connectivity index (χ4n) is 2.62. The van der Waals surface area contributed by atoms with Crippen molar-refractivity contribution in [2.75, 3.05) is 13.1 Å². The van der Waals surface area contributed by atoms with Gasteiger partial charge in [0.15, 0.2) is 0 Å². The highest BCUT2D eigenvalue weighted by molar-refractivity contribution is 5.92. The van der Waals surface area contributed by atoms with Gasteiger partial charge in [-0.1, -0.05) is 33.6 Å². The lowest BCUT2D eigenvalue weighted by atomic mass is 10.0. The first kappa shape index (κ1) is 16.7. The molecule has 0 aromatic carbocycles. The summed E-state index contributed by atoms with van der Waals surface area (Å²) in [5.74, 6) is 0.204. The molecule has 0 saturated carbocycles. The van der Waals surface area contributed by atoms with E-state index in [4.69, 9.17) is 4.74 Å². The monoisotopic (exact) mass is 307 g/mol. The summed E-state index contributed by atoms with van der Waals surface area (Å²) in [7, 11) is 0. The normalized spacial score (nSPS) is 22.1. The van der Waals surface area contributed by atoms with Gasteiger partial charge in [0.1, 0.15) is 5.69 Å². The zero-order valence-electron chi connectivity index (χ0n) is 13.5. The average Bonchev–Trinajstić information content (AvgIpc) is 2.52. The maximum Gasteiger partial charge on any atom is 0.274 e. The zero-order valence-corrected chi connectivity index (χ0v) is 13.5. The number of aromatic nitrogens is 2. The summed E-state index contributed by atoms with van der Waals surface area (Å²) in [5, 5.41) is 0. The molecule has 1 aromatic heterocycles. The van der Waals surface area contributed by atoms with E-state index in [0.29, 0.717) is 19.0 Å². The molecule has 6 heteroatoms. The SMILES string of the molecule is CCCC[C@@H]1CN(C(=O)c2c[nH]c(=O)cn2)C[C@H](C(C)C)O1. The Kier molecular flexibility index (Phi) is 5.71. The first-order valence-electron chi connectivity index (χ1n) is 8.00. The van der Waals surface area contributed by atoms with Crippen molar-refractivity contribution in [1.82, 2.24) is 14.9 Å². The molecule has 0 aliphatic carbocycles. The Bertz CT molecular complexity index is 535. The van der Waals surface area contributed by atoms with Crippen LogP contribution < -0.4 is 5.56 Å². The molecule has 2 atom stereocenters. The second-order valence-electron chi connectivity index (χ2n) is 6.19. The third-order valence-electron chi connectivity index (χ3n) is 3.99. The molecule has 1 amide bonds. The summed E-state index contributed by atoms with van der Waals surface area (Å²) < 4.78 is 6.11. The Morgan fingerprint density at radius 3 is 2.86 bits per heavy atom.